The maximum absolute atomic E-state index is 13.1. The van der Waals surface area contributed by atoms with Crippen LogP contribution in [0.4, 0.5) is 5.69 Å². The van der Waals surface area contributed by atoms with E-state index in [4.69, 9.17) is 0 Å². The third kappa shape index (κ3) is 3.41. The second-order valence-corrected chi connectivity index (χ2v) is 7.19. The Morgan fingerprint density at radius 3 is 2.04 bits per heavy atom. The molecule has 24 heavy (non-hydrogen) atoms. The second kappa shape index (κ2) is 6.76. The van der Waals surface area contributed by atoms with Crippen LogP contribution in [0.25, 0.3) is 0 Å². The van der Waals surface area contributed by atoms with Gasteiger partial charge in [-0.25, -0.2) is 8.42 Å². The monoisotopic (exact) mass is 339 g/mol. The van der Waals surface area contributed by atoms with Gasteiger partial charge in [-0.1, -0.05) is 54.6 Å². The van der Waals surface area contributed by atoms with Gasteiger partial charge < -0.3 is 5.11 Å². The van der Waals surface area contributed by atoms with Crippen LogP contribution >= 0.6 is 0 Å². The van der Waals surface area contributed by atoms with Gasteiger partial charge in [-0.05, 0) is 29.8 Å². The fraction of sp³-hybridized carbons (Fsp3) is 0.0526. The zero-order valence-electron chi connectivity index (χ0n) is 12.9. The molecule has 0 saturated heterocycles. The Bertz CT molecular complexity index is 910. The third-order valence-electron chi connectivity index (χ3n) is 3.62. The van der Waals surface area contributed by atoms with Crippen molar-refractivity contribution in [1.82, 2.24) is 0 Å². The van der Waals surface area contributed by atoms with Gasteiger partial charge in [-0.15, -0.1) is 0 Å². The van der Waals surface area contributed by atoms with Crippen molar-refractivity contribution in [3.05, 3.63) is 90.5 Å². The molecule has 0 aromatic heterocycles. The fourth-order valence-corrected chi connectivity index (χ4v) is 3.90. The van der Waals surface area contributed by atoms with Gasteiger partial charge in [0.25, 0.3) is 10.0 Å². The van der Waals surface area contributed by atoms with Crippen LogP contribution in [0.3, 0.4) is 0 Å². The summed E-state index contributed by atoms with van der Waals surface area (Å²) in [5, 5.41) is 9.74. The van der Waals surface area contributed by atoms with Crippen molar-refractivity contribution in [2.45, 2.75) is 11.4 Å². The number of phenols is 1. The van der Waals surface area contributed by atoms with Crippen LogP contribution in [-0.2, 0) is 16.6 Å². The van der Waals surface area contributed by atoms with E-state index < -0.39 is 10.0 Å². The van der Waals surface area contributed by atoms with Crippen LogP contribution in [0, 0.1) is 0 Å². The van der Waals surface area contributed by atoms with Gasteiger partial charge in [-0.3, -0.25) is 4.31 Å². The number of hydrogen-bond donors (Lipinski definition) is 1. The zero-order valence-corrected chi connectivity index (χ0v) is 13.7. The van der Waals surface area contributed by atoms with Crippen LogP contribution in [0.2, 0.25) is 0 Å². The summed E-state index contributed by atoms with van der Waals surface area (Å²) in [5.41, 5.74) is 1.28. The molecule has 0 bridgehead atoms. The van der Waals surface area contributed by atoms with E-state index in [1.807, 2.05) is 30.3 Å². The van der Waals surface area contributed by atoms with Crippen LogP contribution < -0.4 is 4.31 Å². The first kappa shape index (κ1) is 16.1. The van der Waals surface area contributed by atoms with E-state index in [1.165, 1.54) is 16.4 Å². The van der Waals surface area contributed by atoms with Gasteiger partial charge >= 0.3 is 0 Å². The zero-order chi connectivity index (χ0) is 17.0. The van der Waals surface area contributed by atoms with Crippen molar-refractivity contribution in [1.29, 1.82) is 0 Å². The molecule has 4 nitrogen and oxygen atoms in total. The van der Waals surface area contributed by atoms with E-state index in [0.717, 1.165) is 5.56 Å². The largest absolute Gasteiger partial charge is 0.508 e. The summed E-state index contributed by atoms with van der Waals surface area (Å²) in [6, 6.07) is 23.9. The van der Waals surface area contributed by atoms with Crippen LogP contribution in [-0.4, -0.2) is 13.5 Å². The van der Waals surface area contributed by atoms with E-state index in [2.05, 4.69) is 0 Å². The molecule has 0 aliphatic heterocycles. The Balaban J connectivity index is 2.08. The molecule has 0 heterocycles. The van der Waals surface area contributed by atoms with E-state index >= 15 is 0 Å². The lowest BCUT2D eigenvalue weighted by Crippen LogP contribution is -2.30. The number of hydrogen-bond acceptors (Lipinski definition) is 3. The Kier molecular flexibility index (Phi) is 4.53. The van der Waals surface area contributed by atoms with Crippen molar-refractivity contribution >= 4 is 15.7 Å². The highest BCUT2D eigenvalue weighted by atomic mass is 32.2. The van der Waals surface area contributed by atoms with Gasteiger partial charge in [0, 0.05) is 6.07 Å². The average molecular weight is 339 g/mol. The molecule has 0 spiro atoms. The highest BCUT2D eigenvalue weighted by Crippen LogP contribution is 2.28. The molecule has 3 aromatic rings. The molecule has 0 saturated carbocycles. The highest BCUT2D eigenvalue weighted by molar-refractivity contribution is 7.92. The number of rotatable bonds is 5. The maximum atomic E-state index is 13.1. The molecule has 0 unspecified atom stereocenters. The first-order chi connectivity index (χ1) is 11.6. The number of phenolic OH excluding ortho intramolecular Hbond substituents is 1. The molecular weight excluding hydrogens is 322 g/mol. The minimum absolute atomic E-state index is 0.0221. The molecule has 0 radical (unpaired) electrons. The summed E-state index contributed by atoms with van der Waals surface area (Å²) >= 11 is 0. The summed E-state index contributed by atoms with van der Waals surface area (Å²) in [6.45, 7) is 0.182. The van der Waals surface area contributed by atoms with E-state index in [9.17, 15) is 13.5 Å². The smallest absolute Gasteiger partial charge is 0.264 e. The summed E-state index contributed by atoms with van der Waals surface area (Å²) in [4.78, 5) is 0.212. The Labute approximate surface area is 141 Å². The number of sulfonamides is 1. The fourth-order valence-electron chi connectivity index (χ4n) is 2.43. The summed E-state index contributed by atoms with van der Waals surface area (Å²) < 4.78 is 27.5. The molecule has 0 aliphatic carbocycles. The molecule has 3 rings (SSSR count). The number of anilines is 1. The van der Waals surface area contributed by atoms with Crippen molar-refractivity contribution < 1.29 is 13.5 Å². The quantitative estimate of drug-likeness (QED) is 0.769. The van der Waals surface area contributed by atoms with Crippen molar-refractivity contribution in [2.75, 3.05) is 4.31 Å². The molecule has 0 fully saturated rings. The normalized spacial score (nSPS) is 11.2. The van der Waals surface area contributed by atoms with E-state index in [0.29, 0.717) is 5.69 Å². The third-order valence-corrected chi connectivity index (χ3v) is 5.41. The molecule has 122 valence electrons. The number of aromatic hydroxyl groups is 1. The standard InChI is InChI=1S/C19H17NO3S/c21-18-11-7-10-17(14-18)20(15-16-8-3-1-4-9-16)24(22,23)19-12-5-2-6-13-19/h1-14,21H,15H2. The van der Waals surface area contributed by atoms with Crippen molar-refractivity contribution in [3.63, 3.8) is 0 Å². The molecule has 3 aromatic carbocycles. The molecular formula is C19H17NO3S. The predicted molar refractivity (Wildman–Crippen MR) is 94.4 cm³/mol. The van der Waals surface area contributed by atoms with E-state index in [-0.39, 0.29) is 17.2 Å². The molecule has 0 aliphatic rings. The van der Waals surface area contributed by atoms with Crippen molar-refractivity contribution in [3.8, 4) is 5.75 Å². The van der Waals surface area contributed by atoms with Crippen molar-refractivity contribution in [2.24, 2.45) is 0 Å². The lowest BCUT2D eigenvalue weighted by atomic mass is 10.2. The number of benzene rings is 3. The molecule has 0 amide bonds. The Hall–Kier alpha value is -2.79. The van der Waals surface area contributed by atoms with Crippen LogP contribution in [0.5, 0.6) is 5.75 Å². The SMILES string of the molecule is O=S(=O)(c1ccccc1)N(Cc1ccccc1)c1cccc(O)c1. The molecule has 1 N–H and O–H groups in total. The Morgan fingerprint density at radius 2 is 1.42 bits per heavy atom. The summed E-state index contributed by atoms with van der Waals surface area (Å²) in [6.07, 6.45) is 0. The minimum Gasteiger partial charge on any atom is -0.508 e. The van der Waals surface area contributed by atoms with Gasteiger partial charge in [-0.2, -0.15) is 0 Å². The Morgan fingerprint density at radius 1 is 0.792 bits per heavy atom. The van der Waals surface area contributed by atoms with Crippen LogP contribution in [0.1, 0.15) is 5.56 Å². The lowest BCUT2D eigenvalue weighted by molar-refractivity contribution is 0.475. The average Bonchev–Trinajstić information content (AvgIpc) is 2.61. The van der Waals surface area contributed by atoms with Gasteiger partial charge in [0.15, 0.2) is 0 Å². The highest BCUT2D eigenvalue weighted by Gasteiger charge is 2.25. The molecule has 0 atom stereocenters. The first-order valence-electron chi connectivity index (χ1n) is 7.48. The van der Waals surface area contributed by atoms with Crippen LogP contribution in [0.15, 0.2) is 89.8 Å². The summed E-state index contributed by atoms with van der Waals surface area (Å²) in [5.74, 6) is 0.0221. The molecule has 5 heteroatoms. The van der Waals surface area contributed by atoms with E-state index in [1.54, 1.807) is 42.5 Å². The van der Waals surface area contributed by atoms with Gasteiger partial charge in [0.2, 0.25) is 0 Å². The number of nitrogens with zero attached hydrogens (tertiary/aromatic N) is 1. The maximum Gasteiger partial charge on any atom is 0.264 e. The predicted octanol–water partition coefficient (Wildman–Crippen LogP) is 3.79. The topological polar surface area (TPSA) is 57.6 Å². The second-order valence-electron chi connectivity index (χ2n) is 5.33. The first-order valence-corrected chi connectivity index (χ1v) is 8.92. The lowest BCUT2D eigenvalue weighted by Gasteiger charge is -2.25. The summed E-state index contributed by atoms with van der Waals surface area (Å²) in [7, 11) is -3.75. The van der Waals surface area contributed by atoms with Gasteiger partial charge in [0.1, 0.15) is 5.75 Å². The minimum atomic E-state index is -3.75. The van der Waals surface area contributed by atoms with Gasteiger partial charge in [0.05, 0.1) is 17.1 Å².